The van der Waals surface area contributed by atoms with Crippen molar-refractivity contribution in [1.82, 2.24) is 14.5 Å². The van der Waals surface area contributed by atoms with Gasteiger partial charge < -0.3 is 23.5 Å². The Morgan fingerprint density at radius 2 is 1.89 bits per heavy atom. The molecule has 2 aromatic carbocycles. The number of nitrogens with zero attached hydrogens (tertiary/aromatic N) is 3. The highest BCUT2D eigenvalue weighted by atomic mass is 35.5. The van der Waals surface area contributed by atoms with E-state index < -0.39 is 0 Å². The summed E-state index contributed by atoms with van der Waals surface area (Å²) in [7, 11) is 3.45. The van der Waals surface area contributed by atoms with Crippen LogP contribution in [0.25, 0.3) is 0 Å². The Morgan fingerprint density at radius 3 is 2.60 bits per heavy atom. The normalized spacial score (nSPS) is 15.6. The van der Waals surface area contributed by atoms with Crippen molar-refractivity contribution in [3.8, 4) is 17.2 Å². The minimum Gasteiger partial charge on any atom is -0.493 e. The second kappa shape index (κ2) is 12.3. The standard InChI is InChI=1S/C27H34ClN3O4/c1-32-25-8-7-22(17-26(25)34-16-4-12-31-15-11-29-21-31)19-30-13-9-27(33-2,10-14-30)20-35-24-6-3-5-23(28)18-24/h3,5-8,11,15,17-18,21H,4,9-10,12-14,16,19-20H2,1-2H3. The molecule has 188 valence electrons. The summed E-state index contributed by atoms with van der Waals surface area (Å²) >= 11 is 6.08. The van der Waals surface area contributed by atoms with Gasteiger partial charge in [0.2, 0.25) is 0 Å². The first-order valence-electron chi connectivity index (χ1n) is 12.0. The molecule has 1 saturated heterocycles. The molecule has 0 amide bonds. The summed E-state index contributed by atoms with van der Waals surface area (Å²) in [5.74, 6) is 2.31. The van der Waals surface area contributed by atoms with Gasteiger partial charge in [-0.3, -0.25) is 4.90 Å². The molecule has 8 heteroatoms. The van der Waals surface area contributed by atoms with Gasteiger partial charge in [-0.25, -0.2) is 4.98 Å². The quantitative estimate of drug-likeness (QED) is 0.324. The van der Waals surface area contributed by atoms with Gasteiger partial charge in [0.25, 0.3) is 0 Å². The number of methoxy groups -OCH3 is 2. The van der Waals surface area contributed by atoms with Gasteiger partial charge in [0.15, 0.2) is 11.5 Å². The highest BCUT2D eigenvalue weighted by Gasteiger charge is 2.35. The van der Waals surface area contributed by atoms with Gasteiger partial charge in [0.1, 0.15) is 18.0 Å². The van der Waals surface area contributed by atoms with Crippen LogP contribution in [0.5, 0.6) is 17.2 Å². The summed E-state index contributed by atoms with van der Waals surface area (Å²) in [5.41, 5.74) is 0.915. The van der Waals surface area contributed by atoms with E-state index in [4.69, 9.17) is 30.5 Å². The van der Waals surface area contributed by atoms with Crippen LogP contribution < -0.4 is 14.2 Å². The van der Waals surface area contributed by atoms with Crippen molar-refractivity contribution in [2.75, 3.05) is 40.5 Å². The molecule has 0 N–H and O–H groups in total. The molecule has 0 saturated carbocycles. The topological polar surface area (TPSA) is 58.0 Å². The highest BCUT2D eigenvalue weighted by molar-refractivity contribution is 6.30. The molecule has 2 heterocycles. The monoisotopic (exact) mass is 499 g/mol. The first-order valence-corrected chi connectivity index (χ1v) is 12.4. The van der Waals surface area contributed by atoms with Crippen LogP contribution in [0.3, 0.4) is 0 Å². The predicted molar refractivity (Wildman–Crippen MR) is 137 cm³/mol. The SMILES string of the molecule is COc1ccc(CN2CCC(COc3cccc(Cl)c3)(OC)CC2)cc1OCCCn1ccnc1. The van der Waals surface area contributed by atoms with Crippen LogP contribution in [0.2, 0.25) is 5.02 Å². The van der Waals surface area contributed by atoms with Crippen molar-refractivity contribution in [3.05, 3.63) is 71.8 Å². The largest absolute Gasteiger partial charge is 0.493 e. The fourth-order valence-corrected chi connectivity index (χ4v) is 4.52. The summed E-state index contributed by atoms with van der Waals surface area (Å²) < 4.78 is 25.6. The second-order valence-electron chi connectivity index (χ2n) is 8.90. The lowest BCUT2D eigenvalue weighted by molar-refractivity contribution is -0.0839. The molecule has 7 nitrogen and oxygen atoms in total. The smallest absolute Gasteiger partial charge is 0.161 e. The van der Waals surface area contributed by atoms with Crippen molar-refractivity contribution in [3.63, 3.8) is 0 Å². The molecule has 4 rings (SSSR count). The van der Waals surface area contributed by atoms with E-state index >= 15 is 0 Å². The Hall–Kier alpha value is -2.74. The van der Waals surface area contributed by atoms with Crippen LogP contribution >= 0.6 is 11.6 Å². The number of aryl methyl sites for hydroxylation is 1. The van der Waals surface area contributed by atoms with E-state index in [-0.39, 0.29) is 5.60 Å². The van der Waals surface area contributed by atoms with Crippen LogP contribution in [-0.2, 0) is 17.8 Å². The van der Waals surface area contributed by atoms with E-state index in [9.17, 15) is 0 Å². The Balaban J connectivity index is 1.28. The summed E-state index contributed by atoms with van der Waals surface area (Å²) in [6.07, 6.45) is 8.27. The third kappa shape index (κ3) is 7.13. The van der Waals surface area contributed by atoms with Crippen LogP contribution in [0.4, 0.5) is 0 Å². The maximum absolute atomic E-state index is 6.08. The minimum atomic E-state index is -0.289. The number of halogens is 1. The Kier molecular flexibility index (Phi) is 8.90. The van der Waals surface area contributed by atoms with Gasteiger partial charge in [-0.1, -0.05) is 23.7 Å². The number of hydrogen-bond donors (Lipinski definition) is 0. The van der Waals surface area contributed by atoms with E-state index in [1.807, 2.05) is 47.4 Å². The Morgan fingerprint density at radius 1 is 1.03 bits per heavy atom. The summed E-state index contributed by atoms with van der Waals surface area (Å²) in [6, 6.07) is 13.7. The number of rotatable bonds is 12. The van der Waals surface area contributed by atoms with Crippen LogP contribution in [-0.4, -0.2) is 60.6 Å². The van der Waals surface area contributed by atoms with Crippen molar-refractivity contribution in [2.45, 2.75) is 38.0 Å². The molecular formula is C27H34ClN3O4. The molecule has 0 spiro atoms. The molecule has 1 aromatic heterocycles. The summed E-state index contributed by atoms with van der Waals surface area (Å²) in [5, 5.41) is 0.671. The lowest BCUT2D eigenvalue weighted by Crippen LogP contribution is -2.48. The zero-order valence-corrected chi connectivity index (χ0v) is 21.2. The Labute approximate surface area is 212 Å². The molecule has 0 radical (unpaired) electrons. The fourth-order valence-electron chi connectivity index (χ4n) is 4.34. The minimum absolute atomic E-state index is 0.289. The zero-order valence-electron chi connectivity index (χ0n) is 20.5. The zero-order chi connectivity index (χ0) is 24.5. The predicted octanol–water partition coefficient (Wildman–Crippen LogP) is 5.07. The molecule has 1 fully saturated rings. The van der Waals surface area contributed by atoms with Gasteiger partial charge in [0.05, 0.1) is 20.0 Å². The average Bonchev–Trinajstić information content (AvgIpc) is 3.40. The number of ether oxygens (including phenoxy) is 4. The van der Waals surface area contributed by atoms with Crippen LogP contribution in [0.15, 0.2) is 61.2 Å². The first-order chi connectivity index (χ1) is 17.1. The summed E-state index contributed by atoms with van der Waals surface area (Å²) in [4.78, 5) is 6.52. The molecule has 1 aliphatic rings. The number of aromatic nitrogens is 2. The van der Waals surface area contributed by atoms with Gasteiger partial charge in [-0.2, -0.15) is 0 Å². The van der Waals surface area contributed by atoms with E-state index in [0.29, 0.717) is 18.2 Å². The van der Waals surface area contributed by atoms with E-state index in [1.54, 1.807) is 20.4 Å². The number of piperidine rings is 1. The second-order valence-corrected chi connectivity index (χ2v) is 9.33. The lowest BCUT2D eigenvalue weighted by atomic mass is 9.91. The third-order valence-electron chi connectivity index (χ3n) is 6.51. The highest BCUT2D eigenvalue weighted by Crippen LogP contribution is 2.31. The number of likely N-dealkylation sites (tertiary alicyclic amines) is 1. The number of imidazole rings is 1. The van der Waals surface area contributed by atoms with Gasteiger partial charge in [-0.05, 0) is 55.2 Å². The molecule has 0 unspecified atom stereocenters. The van der Waals surface area contributed by atoms with Gasteiger partial charge in [0, 0.05) is 50.7 Å². The fraction of sp³-hybridized carbons (Fsp3) is 0.444. The van der Waals surface area contributed by atoms with Gasteiger partial charge in [-0.15, -0.1) is 0 Å². The lowest BCUT2D eigenvalue weighted by Gasteiger charge is -2.40. The third-order valence-corrected chi connectivity index (χ3v) is 6.74. The maximum atomic E-state index is 6.08. The number of benzene rings is 2. The van der Waals surface area contributed by atoms with Gasteiger partial charge >= 0.3 is 0 Å². The molecule has 1 aliphatic heterocycles. The van der Waals surface area contributed by atoms with Crippen LogP contribution in [0.1, 0.15) is 24.8 Å². The van der Waals surface area contributed by atoms with E-state index in [1.165, 1.54) is 5.56 Å². The van der Waals surface area contributed by atoms with E-state index in [2.05, 4.69) is 22.0 Å². The maximum Gasteiger partial charge on any atom is 0.161 e. The van der Waals surface area contributed by atoms with Crippen molar-refractivity contribution in [2.24, 2.45) is 0 Å². The van der Waals surface area contributed by atoms with Crippen molar-refractivity contribution in [1.29, 1.82) is 0 Å². The summed E-state index contributed by atoms with van der Waals surface area (Å²) in [6.45, 7) is 4.71. The molecule has 3 aromatic rings. The van der Waals surface area contributed by atoms with Crippen molar-refractivity contribution < 1.29 is 18.9 Å². The molecule has 0 bridgehead atoms. The molecule has 0 atom stereocenters. The van der Waals surface area contributed by atoms with E-state index in [0.717, 1.165) is 62.7 Å². The molecule has 35 heavy (non-hydrogen) atoms. The number of hydrogen-bond acceptors (Lipinski definition) is 6. The molecular weight excluding hydrogens is 466 g/mol. The molecule has 0 aliphatic carbocycles. The Bertz CT molecular complexity index is 1050. The van der Waals surface area contributed by atoms with Crippen LogP contribution in [0, 0.1) is 0 Å². The first kappa shape index (κ1) is 25.4. The van der Waals surface area contributed by atoms with Crippen molar-refractivity contribution >= 4 is 11.6 Å². The average molecular weight is 500 g/mol.